The third-order valence-corrected chi connectivity index (χ3v) is 3.37. The Kier molecular flexibility index (Phi) is 2.51. The Labute approximate surface area is 106 Å². The molecule has 2 aromatic rings. The first-order valence-electron chi connectivity index (χ1n) is 6.24. The van der Waals surface area contributed by atoms with Crippen LogP contribution in [0.25, 0.3) is 0 Å². The van der Waals surface area contributed by atoms with E-state index < -0.39 is 0 Å². The number of fused-ring (bicyclic) bond motifs is 1. The van der Waals surface area contributed by atoms with E-state index in [4.69, 9.17) is 5.73 Å². The fourth-order valence-corrected chi connectivity index (χ4v) is 2.33. The molecule has 1 atom stereocenters. The van der Waals surface area contributed by atoms with Crippen LogP contribution < -0.4 is 5.73 Å². The van der Waals surface area contributed by atoms with Crippen molar-refractivity contribution in [1.82, 2.24) is 15.0 Å². The Morgan fingerprint density at radius 3 is 2.67 bits per heavy atom. The van der Waals surface area contributed by atoms with Gasteiger partial charge in [-0.15, -0.1) is 0 Å². The number of aromatic nitrogens is 3. The maximum atomic E-state index is 5.77. The van der Waals surface area contributed by atoms with E-state index in [-0.39, 0.29) is 11.8 Å². The first kappa shape index (κ1) is 11.1. The van der Waals surface area contributed by atoms with E-state index in [1.807, 2.05) is 0 Å². The molecule has 1 aromatic heterocycles. The molecule has 1 heterocycles. The quantitative estimate of drug-likeness (QED) is 0.874. The summed E-state index contributed by atoms with van der Waals surface area (Å²) in [5.74, 6) is 2.47. The van der Waals surface area contributed by atoms with Gasteiger partial charge < -0.3 is 5.73 Å². The first-order chi connectivity index (χ1) is 8.65. The lowest BCUT2D eigenvalue weighted by molar-refractivity contribution is 0.635. The summed E-state index contributed by atoms with van der Waals surface area (Å²) in [6.45, 7) is 4.13. The molecule has 0 amide bonds. The van der Waals surface area contributed by atoms with Crippen LogP contribution in [0.1, 0.15) is 48.5 Å². The van der Waals surface area contributed by atoms with Crippen LogP contribution in [0.2, 0.25) is 0 Å². The molecule has 0 saturated heterocycles. The Morgan fingerprint density at radius 1 is 1.17 bits per heavy atom. The van der Waals surface area contributed by atoms with Gasteiger partial charge in [0.15, 0.2) is 0 Å². The molecular weight excluding hydrogens is 224 g/mol. The van der Waals surface area contributed by atoms with Gasteiger partial charge in [0, 0.05) is 11.8 Å². The van der Waals surface area contributed by atoms with E-state index in [9.17, 15) is 0 Å². The lowest BCUT2D eigenvalue weighted by atomic mass is 9.77. The zero-order chi connectivity index (χ0) is 12.7. The minimum Gasteiger partial charge on any atom is -0.368 e. The number of hydrogen-bond donors (Lipinski definition) is 1. The van der Waals surface area contributed by atoms with Crippen molar-refractivity contribution in [3.05, 3.63) is 47.0 Å². The maximum Gasteiger partial charge on any atom is 0.223 e. The van der Waals surface area contributed by atoms with Gasteiger partial charge in [0.1, 0.15) is 11.6 Å². The van der Waals surface area contributed by atoms with Gasteiger partial charge in [0.05, 0.1) is 0 Å². The third kappa shape index (κ3) is 1.74. The molecule has 4 nitrogen and oxygen atoms in total. The predicted octanol–water partition coefficient (Wildman–Crippen LogP) is 2.27. The van der Waals surface area contributed by atoms with Gasteiger partial charge in [-0.05, 0) is 17.5 Å². The number of anilines is 1. The number of nitrogen functional groups attached to an aromatic ring is 1. The summed E-state index contributed by atoms with van der Waals surface area (Å²) in [4.78, 5) is 13.0. The van der Waals surface area contributed by atoms with Gasteiger partial charge in [-0.3, -0.25) is 0 Å². The van der Waals surface area contributed by atoms with Crippen LogP contribution in [0.3, 0.4) is 0 Å². The van der Waals surface area contributed by atoms with Gasteiger partial charge in [-0.2, -0.15) is 9.97 Å². The van der Waals surface area contributed by atoms with E-state index in [2.05, 4.69) is 53.1 Å². The molecule has 0 spiro atoms. The normalized spacial score (nSPS) is 17.4. The minimum atomic E-state index is 0.268. The van der Waals surface area contributed by atoms with Crippen molar-refractivity contribution < 1.29 is 0 Å². The molecule has 2 N–H and O–H groups in total. The highest BCUT2D eigenvalue weighted by molar-refractivity contribution is 5.44. The molecule has 18 heavy (non-hydrogen) atoms. The molecule has 1 aliphatic rings. The van der Waals surface area contributed by atoms with E-state index in [0.717, 1.165) is 18.1 Å². The molecule has 0 bridgehead atoms. The molecule has 3 rings (SSSR count). The molecule has 4 heteroatoms. The van der Waals surface area contributed by atoms with Gasteiger partial charge in [-0.25, -0.2) is 4.98 Å². The fourth-order valence-electron chi connectivity index (χ4n) is 2.33. The lowest BCUT2D eigenvalue weighted by Crippen LogP contribution is -2.22. The van der Waals surface area contributed by atoms with Crippen LogP contribution >= 0.6 is 0 Å². The summed E-state index contributed by atoms with van der Waals surface area (Å²) < 4.78 is 0. The second-order valence-corrected chi connectivity index (χ2v) is 5.02. The number of nitrogens with zero attached hydrogens (tertiary/aromatic N) is 3. The lowest BCUT2D eigenvalue weighted by Gasteiger charge is -2.29. The topological polar surface area (TPSA) is 64.7 Å². The SMILES string of the molecule is CC(C)c1nc(N)nc(C2Cc3ccccc32)n1. The van der Waals surface area contributed by atoms with Crippen molar-refractivity contribution in [3.8, 4) is 0 Å². The van der Waals surface area contributed by atoms with E-state index in [1.165, 1.54) is 11.1 Å². The summed E-state index contributed by atoms with van der Waals surface area (Å²) in [5, 5.41) is 0. The van der Waals surface area contributed by atoms with Crippen molar-refractivity contribution in [2.24, 2.45) is 0 Å². The summed E-state index contributed by atoms with van der Waals surface area (Å²) in [5.41, 5.74) is 8.47. The van der Waals surface area contributed by atoms with Gasteiger partial charge >= 0.3 is 0 Å². The predicted molar refractivity (Wildman–Crippen MR) is 70.3 cm³/mol. The summed E-state index contributed by atoms with van der Waals surface area (Å²) in [7, 11) is 0. The van der Waals surface area contributed by atoms with E-state index in [0.29, 0.717) is 5.95 Å². The van der Waals surface area contributed by atoms with Crippen molar-refractivity contribution in [3.63, 3.8) is 0 Å². The summed E-state index contributed by atoms with van der Waals surface area (Å²) in [6, 6.07) is 8.41. The van der Waals surface area contributed by atoms with Crippen molar-refractivity contribution in [2.45, 2.75) is 32.1 Å². The van der Waals surface area contributed by atoms with E-state index >= 15 is 0 Å². The zero-order valence-electron chi connectivity index (χ0n) is 10.6. The first-order valence-corrected chi connectivity index (χ1v) is 6.24. The molecule has 0 radical (unpaired) electrons. The number of rotatable bonds is 2. The number of nitrogens with two attached hydrogens (primary N) is 1. The van der Waals surface area contributed by atoms with Crippen molar-refractivity contribution in [2.75, 3.05) is 5.73 Å². The molecule has 0 aliphatic heterocycles. The monoisotopic (exact) mass is 240 g/mol. The Bertz CT molecular complexity index is 592. The third-order valence-electron chi connectivity index (χ3n) is 3.37. The zero-order valence-corrected chi connectivity index (χ0v) is 10.6. The van der Waals surface area contributed by atoms with Crippen LogP contribution in [-0.2, 0) is 6.42 Å². The highest BCUT2D eigenvalue weighted by Gasteiger charge is 2.30. The highest BCUT2D eigenvalue weighted by atomic mass is 15.1. The highest BCUT2D eigenvalue weighted by Crippen LogP contribution is 2.38. The molecule has 1 aromatic carbocycles. The molecular formula is C14H16N4. The minimum absolute atomic E-state index is 0.268. The van der Waals surface area contributed by atoms with Crippen LogP contribution in [0.15, 0.2) is 24.3 Å². The Hall–Kier alpha value is -1.97. The van der Waals surface area contributed by atoms with Crippen LogP contribution in [-0.4, -0.2) is 15.0 Å². The van der Waals surface area contributed by atoms with Gasteiger partial charge in [0.2, 0.25) is 5.95 Å². The van der Waals surface area contributed by atoms with Crippen LogP contribution in [0.5, 0.6) is 0 Å². The average Bonchev–Trinajstić information content (AvgIpc) is 2.30. The summed E-state index contributed by atoms with van der Waals surface area (Å²) in [6.07, 6.45) is 0.997. The fraction of sp³-hybridized carbons (Fsp3) is 0.357. The van der Waals surface area contributed by atoms with Crippen molar-refractivity contribution in [1.29, 1.82) is 0 Å². The Morgan fingerprint density at radius 2 is 1.94 bits per heavy atom. The van der Waals surface area contributed by atoms with E-state index in [1.54, 1.807) is 0 Å². The largest absolute Gasteiger partial charge is 0.368 e. The Balaban J connectivity index is 2.00. The smallest absolute Gasteiger partial charge is 0.223 e. The molecule has 0 fully saturated rings. The average molecular weight is 240 g/mol. The molecule has 1 aliphatic carbocycles. The number of hydrogen-bond acceptors (Lipinski definition) is 4. The molecule has 0 saturated carbocycles. The van der Waals surface area contributed by atoms with Gasteiger partial charge in [0.25, 0.3) is 0 Å². The number of benzene rings is 1. The standard InChI is InChI=1S/C14H16N4/c1-8(2)12-16-13(18-14(15)17-12)11-7-9-5-3-4-6-10(9)11/h3-6,8,11H,7H2,1-2H3,(H2,15,16,17,18). The second-order valence-electron chi connectivity index (χ2n) is 5.02. The van der Waals surface area contributed by atoms with Crippen LogP contribution in [0.4, 0.5) is 5.95 Å². The summed E-state index contributed by atoms with van der Waals surface area (Å²) >= 11 is 0. The maximum absolute atomic E-state index is 5.77. The molecule has 1 unspecified atom stereocenters. The van der Waals surface area contributed by atoms with Crippen LogP contribution in [0, 0.1) is 0 Å². The molecule has 92 valence electrons. The van der Waals surface area contributed by atoms with Gasteiger partial charge in [-0.1, -0.05) is 38.1 Å². The second kappa shape index (κ2) is 4.05. The van der Waals surface area contributed by atoms with Crippen molar-refractivity contribution >= 4 is 5.95 Å².